The molecule has 1 heterocycles. The largest absolute Gasteiger partial charge is 0.478 e. The topological polar surface area (TPSA) is 40.5 Å². The molecule has 2 atom stereocenters. The maximum absolute atomic E-state index is 10.5. The summed E-state index contributed by atoms with van der Waals surface area (Å²) in [5, 5.41) is 8.66. The Morgan fingerprint density at radius 3 is 2.47 bits per heavy atom. The van der Waals surface area contributed by atoms with E-state index in [0.29, 0.717) is 0 Å². The minimum atomic E-state index is -0.911. The predicted octanol–water partition coefficient (Wildman–Crippen LogP) is 3.19. The third kappa shape index (κ3) is 3.16. The van der Waals surface area contributed by atoms with Crippen molar-refractivity contribution in [1.82, 2.24) is 0 Å². The number of carbonyl (C=O) groups is 1. The van der Waals surface area contributed by atoms with Crippen LogP contribution in [0, 0.1) is 18.8 Å². The molecule has 1 N–H and O–H groups in total. The molecule has 1 aromatic rings. The van der Waals surface area contributed by atoms with Crippen LogP contribution in [0.3, 0.4) is 0 Å². The van der Waals surface area contributed by atoms with Gasteiger partial charge < -0.3 is 10.0 Å². The van der Waals surface area contributed by atoms with Crippen molar-refractivity contribution < 1.29 is 9.90 Å². The number of aryl methyl sites for hydroxylation is 1. The summed E-state index contributed by atoms with van der Waals surface area (Å²) in [6.07, 6.45) is 2.83. The number of hydrogen-bond acceptors (Lipinski definition) is 2. The van der Waals surface area contributed by atoms with E-state index < -0.39 is 5.97 Å². The Morgan fingerprint density at radius 1 is 1.32 bits per heavy atom. The Morgan fingerprint density at radius 2 is 1.95 bits per heavy atom. The van der Waals surface area contributed by atoms with E-state index >= 15 is 0 Å². The van der Waals surface area contributed by atoms with Gasteiger partial charge in [-0.1, -0.05) is 19.9 Å². The first-order chi connectivity index (χ1) is 8.97. The summed E-state index contributed by atoms with van der Waals surface area (Å²) in [6.45, 7) is 8.81. The standard InChI is InChI=1S/C16H21NO2/c1-11-8-15(17-9-12(2)13(3)10-17)6-4-14(11)5-7-16(18)19/h4-8,12-13H,9-10H2,1-3H3,(H,18,19). The average Bonchev–Trinajstić information content (AvgIpc) is 2.68. The van der Waals surface area contributed by atoms with Crippen molar-refractivity contribution in [1.29, 1.82) is 0 Å². The molecule has 19 heavy (non-hydrogen) atoms. The SMILES string of the molecule is Cc1cc(N2CC(C)C(C)C2)ccc1C=CC(=O)O. The van der Waals surface area contributed by atoms with Gasteiger partial charge in [-0.3, -0.25) is 0 Å². The van der Waals surface area contributed by atoms with Crippen LogP contribution in [0.25, 0.3) is 6.08 Å². The summed E-state index contributed by atoms with van der Waals surface area (Å²) in [4.78, 5) is 12.9. The zero-order valence-electron chi connectivity index (χ0n) is 11.8. The van der Waals surface area contributed by atoms with Crippen molar-refractivity contribution in [2.24, 2.45) is 11.8 Å². The van der Waals surface area contributed by atoms with Crippen molar-refractivity contribution in [2.45, 2.75) is 20.8 Å². The van der Waals surface area contributed by atoms with Gasteiger partial charge in [0.1, 0.15) is 0 Å². The molecule has 0 bridgehead atoms. The van der Waals surface area contributed by atoms with E-state index in [-0.39, 0.29) is 0 Å². The summed E-state index contributed by atoms with van der Waals surface area (Å²) in [6, 6.07) is 6.23. The molecule has 0 saturated carbocycles. The quantitative estimate of drug-likeness (QED) is 0.847. The first-order valence-electron chi connectivity index (χ1n) is 6.74. The smallest absolute Gasteiger partial charge is 0.328 e. The molecule has 2 rings (SSSR count). The van der Waals surface area contributed by atoms with E-state index in [4.69, 9.17) is 5.11 Å². The maximum Gasteiger partial charge on any atom is 0.328 e. The molecule has 3 heteroatoms. The molecule has 3 nitrogen and oxygen atoms in total. The lowest BCUT2D eigenvalue weighted by Gasteiger charge is -2.19. The van der Waals surface area contributed by atoms with Crippen LogP contribution in [0.15, 0.2) is 24.3 Å². The third-order valence-corrected chi connectivity index (χ3v) is 4.01. The number of aliphatic carboxylic acids is 1. The normalized spacial score (nSPS) is 23.2. The van der Waals surface area contributed by atoms with Crippen LogP contribution in [-0.2, 0) is 4.79 Å². The first-order valence-corrected chi connectivity index (χ1v) is 6.74. The van der Waals surface area contributed by atoms with E-state index in [9.17, 15) is 4.79 Å². The highest BCUT2D eigenvalue weighted by atomic mass is 16.4. The Labute approximate surface area is 114 Å². The number of benzene rings is 1. The zero-order chi connectivity index (χ0) is 14.0. The highest BCUT2D eigenvalue weighted by Gasteiger charge is 2.26. The summed E-state index contributed by atoms with van der Waals surface area (Å²) in [5.41, 5.74) is 3.31. The summed E-state index contributed by atoms with van der Waals surface area (Å²) in [5.74, 6) is 0.546. The lowest BCUT2D eigenvalue weighted by molar-refractivity contribution is -0.131. The lowest BCUT2D eigenvalue weighted by atomic mass is 10.0. The molecule has 1 fully saturated rings. The van der Waals surface area contributed by atoms with Gasteiger partial charge in [0.25, 0.3) is 0 Å². The summed E-state index contributed by atoms with van der Waals surface area (Å²) < 4.78 is 0. The molecular formula is C16H21NO2. The molecule has 0 spiro atoms. The first kappa shape index (κ1) is 13.7. The van der Waals surface area contributed by atoms with Crippen LogP contribution < -0.4 is 4.90 Å². The molecule has 102 valence electrons. The average molecular weight is 259 g/mol. The molecule has 0 radical (unpaired) electrons. The Bertz CT molecular complexity index is 497. The number of hydrogen-bond donors (Lipinski definition) is 1. The second-order valence-electron chi connectivity index (χ2n) is 5.57. The van der Waals surface area contributed by atoms with Gasteiger partial charge in [0.15, 0.2) is 0 Å². The van der Waals surface area contributed by atoms with Gasteiger partial charge in [-0.05, 0) is 48.1 Å². The van der Waals surface area contributed by atoms with E-state index in [1.807, 2.05) is 13.0 Å². The van der Waals surface area contributed by atoms with Crippen molar-refractivity contribution in [3.05, 3.63) is 35.4 Å². The van der Waals surface area contributed by atoms with Gasteiger partial charge in [0.05, 0.1) is 0 Å². The van der Waals surface area contributed by atoms with Crippen molar-refractivity contribution >= 4 is 17.7 Å². The number of anilines is 1. The Kier molecular flexibility index (Phi) is 3.93. The molecule has 1 aromatic carbocycles. The highest BCUT2D eigenvalue weighted by Crippen LogP contribution is 2.29. The number of nitrogens with zero attached hydrogens (tertiary/aromatic N) is 1. The predicted molar refractivity (Wildman–Crippen MR) is 78.4 cm³/mol. The molecule has 1 aliphatic heterocycles. The van der Waals surface area contributed by atoms with E-state index in [2.05, 4.69) is 30.9 Å². The Balaban J connectivity index is 2.17. The van der Waals surface area contributed by atoms with Gasteiger partial charge in [0.2, 0.25) is 0 Å². The van der Waals surface area contributed by atoms with Crippen LogP contribution in [0.4, 0.5) is 5.69 Å². The second-order valence-corrected chi connectivity index (χ2v) is 5.57. The Hall–Kier alpha value is -1.77. The van der Waals surface area contributed by atoms with Crippen molar-refractivity contribution in [3.63, 3.8) is 0 Å². The van der Waals surface area contributed by atoms with Crippen LogP contribution >= 0.6 is 0 Å². The second kappa shape index (κ2) is 5.47. The lowest BCUT2D eigenvalue weighted by Crippen LogP contribution is -2.19. The van der Waals surface area contributed by atoms with Gasteiger partial charge in [-0.2, -0.15) is 0 Å². The molecule has 2 unspecified atom stereocenters. The fraction of sp³-hybridized carbons (Fsp3) is 0.438. The molecule has 0 amide bonds. The fourth-order valence-electron chi connectivity index (χ4n) is 2.55. The van der Waals surface area contributed by atoms with Gasteiger partial charge in [-0.15, -0.1) is 0 Å². The van der Waals surface area contributed by atoms with E-state index in [1.165, 1.54) is 11.8 Å². The number of rotatable bonds is 3. The number of carboxylic acid groups (broad SMARTS) is 1. The fourth-order valence-corrected chi connectivity index (χ4v) is 2.55. The number of carboxylic acids is 1. The van der Waals surface area contributed by atoms with Gasteiger partial charge in [-0.25, -0.2) is 4.79 Å². The van der Waals surface area contributed by atoms with Crippen LogP contribution in [0.5, 0.6) is 0 Å². The summed E-state index contributed by atoms with van der Waals surface area (Å²) >= 11 is 0. The minimum absolute atomic E-state index is 0.729. The molecular weight excluding hydrogens is 238 g/mol. The monoisotopic (exact) mass is 259 g/mol. The third-order valence-electron chi connectivity index (χ3n) is 4.01. The van der Waals surface area contributed by atoms with Crippen molar-refractivity contribution in [3.8, 4) is 0 Å². The van der Waals surface area contributed by atoms with Crippen LogP contribution in [0.2, 0.25) is 0 Å². The molecule has 1 aliphatic rings. The summed E-state index contributed by atoms with van der Waals surface area (Å²) in [7, 11) is 0. The maximum atomic E-state index is 10.5. The van der Waals surface area contributed by atoms with E-state index in [1.54, 1.807) is 6.08 Å². The molecule has 0 aromatic heterocycles. The zero-order valence-corrected chi connectivity index (χ0v) is 11.8. The molecule has 1 saturated heterocycles. The highest BCUT2D eigenvalue weighted by molar-refractivity contribution is 5.85. The van der Waals surface area contributed by atoms with Crippen LogP contribution in [-0.4, -0.2) is 24.2 Å². The van der Waals surface area contributed by atoms with Crippen LogP contribution in [0.1, 0.15) is 25.0 Å². The van der Waals surface area contributed by atoms with Crippen molar-refractivity contribution in [2.75, 3.05) is 18.0 Å². The van der Waals surface area contributed by atoms with Gasteiger partial charge >= 0.3 is 5.97 Å². The van der Waals surface area contributed by atoms with E-state index in [0.717, 1.165) is 36.1 Å². The minimum Gasteiger partial charge on any atom is -0.478 e. The van der Waals surface area contributed by atoms with Gasteiger partial charge in [0, 0.05) is 24.9 Å². The molecule has 0 aliphatic carbocycles.